The summed E-state index contributed by atoms with van der Waals surface area (Å²) in [5, 5.41) is 3.02. The average Bonchev–Trinajstić information content (AvgIpc) is 2.58. The van der Waals surface area contributed by atoms with E-state index in [-0.39, 0.29) is 11.6 Å². The van der Waals surface area contributed by atoms with Gasteiger partial charge in [-0.3, -0.25) is 0 Å². The molecule has 0 amide bonds. The zero-order chi connectivity index (χ0) is 8.55. The first-order valence-electron chi connectivity index (χ1n) is 3.25. The van der Waals surface area contributed by atoms with Crippen LogP contribution in [0.4, 0.5) is 8.78 Å². The molecule has 0 fully saturated rings. The topological polar surface area (TPSA) is 0 Å². The first-order valence-corrected chi connectivity index (χ1v) is 5.00. The fraction of sp³-hybridized carbons (Fsp3) is 0. The Hall–Kier alpha value is -0.740. The summed E-state index contributed by atoms with van der Waals surface area (Å²) >= 11 is 2.50. The maximum Gasteiger partial charge on any atom is 0.142 e. The second-order valence-corrected chi connectivity index (χ2v) is 4.05. The van der Waals surface area contributed by atoms with Gasteiger partial charge in [0.1, 0.15) is 11.6 Å². The van der Waals surface area contributed by atoms with E-state index in [4.69, 9.17) is 0 Å². The molecule has 0 aliphatic heterocycles. The normalized spacial score (nSPS) is 10.5. The average molecular weight is 202 g/mol. The van der Waals surface area contributed by atoms with Crippen molar-refractivity contribution in [1.29, 1.82) is 0 Å². The maximum atomic E-state index is 12.9. The van der Waals surface area contributed by atoms with Crippen LogP contribution in [0.2, 0.25) is 0 Å². The third-order valence-electron chi connectivity index (χ3n) is 1.41. The fourth-order valence-corrected chi connectivity index (χ4v) is 2.56. The predicted molar refractivity (Wildman–Crippen MR) is 47.5 cm³/mol. The third kappa shape index (κ3) is 1.28. The summed E-state index contributed by atoms with van der Waals surface area (Å²) in [6.45, 7) is 0. The zero-order valence-corrected chi connectivity index (χ0v) is 7.51. The van der Waals surface area contributed by atoms with Crippen LogP contribution in [0.3, 0.4) is 0 Å². The van der Waals surface area contributed by atoms with E-state index < -0.39 is 0 Å². The van der Waals surface area contributed by atoms with Crippen LogP contribution >= 0.6 is 22.7 Å². The summed E-state index contributed by atoms with van der Waals surface area (Å²) in [5.74, 6) is -0.579. The molecular formula is C8H4F2S2. The minimum atomic E-state index is -0.303. The van der Waals surface area contributed by atoms with E-state index in [2.05, 4.69) is 0 Å². The highest BCUT2D eigenvalue weighted by Crippen LogP contribution is 2.32. The van der Waals surface area contributed by atoms with Crippen molar-refractivity contribution in [3.8, 4) is 9.75 Å². The first kappa shape index (κ1) is 7.89. The van der Waals surface area contributed by atoms with Crippen molar-refractivity contribution in [3.63, 3.8) is 0 Å². The summed E-state index contributed by atoms with van der Waals surface area (Å²) in [7, 11) is 0. The molecule has 2 aromatic rings. The molecular weight excluding hydrogens is 198 g/mol. The van der Waals surface area contributed by atoms with Gasteiger partial charge >= 0.3 is 0 Å². The lowest BCUT2D eigenvalue weighted by molar-refractivity contribution is 0.631. The van der Waals surface area contributed by atoms with Crippen LogP contribution < -0.4 is 0 Å². The standard InChI is InChI=1S/C8H4F2S2/c9-5-3-7(12-4-5)8-6(10)1-2-11-8/h1-4H. The highest BCUT2D eigenvalue weighted by molar-refractivity contribution is 7.20. The second-order valence-electron chi connectivity index (χ2n) is 2.23. The van der Waals surface area contributed by atoms with Crippen LogP contribution in [0.5, 0.6) is 0 Å². The summed E-state index contributed by atoms with van der Waals surface area (Å²) in [4.78, 5) is 1.17. The van der Waals surface area contributed by atoms with Gasteiger partial charge in [0, 0.05) is 5.38 Å². The van der Waals surface area contributed by atoms with Crippen molar-refractivity contribution >= 4 is 22.7 Å². The molecule has 4 heteroatoms. The van der Waals surface area contributed by atoms with Crippen molar-refractivity contribution < 1.29 is 8.78 Å². The van der Waals surface area contributed by atoms with Gasteiger partial charge in [-0.15, -0.1) is 22.7 Å². The van der Waals surface area contributed by atoms with Crippen LogP contribution in [0.1, 0.15) is 0 Å². The van der Waals surface area contributed by atoms with Gasteiger partial charge in [-0.25, -0.2) is 8.78 Å². The van der Waals surface area contributed by atoms with Crippen LogP contribution in [-0.2, 0) is 0 Å². The third-order valence-corrected chi connectivity index (χ3v) is 3.38. The van der Waals surface area contributed by atoms with Crippen LogP contribution in [-0.4, -0.2) is 0 Å². The zero-order valence-electron chi connectivity index (χ0n) is 5.88. The lowest BCUT2D eigenvalue weighted by Crippen LogP contribution is -1.68. The van der Waals surface area contributed by atoms with Gasteiger partial charge in [0.25, 0.3) is 0 Å². The van der Waals surface area contributed by atoms with Crippen LogP contribution in [0, 0.1) is 11.6 Å². The predicted octanol–water partition coefficient (Wildman–Crippen LogP) is 3.75. The molecule has 0 saturated carbocycles. The molecule has 12 heavy (non-hydrogen) atoms. The molecule has 0 N–H and O–H groups in total. The minimum absolute atomic E-state index is 0.276. The lowest BCUT2D eigenvalue weighted by Gasteiger charge is -1.88. The van der Waals surface area contributed by atoms with Crippen LogP contribution in [0.25, 0.3) is 9.75 Å². The number of hydrogen-bond donors (Lipinski definition) is 0. The molecule has 0 bridgehead atoms. The van der Waals surface area contributed by atoms with Gasteiger partial charge in [-0.2, -0.15) is 0 Å². The molecule has 0 aromatic carbocycles. The van der Waals surface area contributed by atoms with Gasteiger partial charge in [-0.05, 0) is 17.5 Å². The Morgan fingerprint density at radius 3 is 2.50 bits per heavy atom. The maximum absolute atomic E-state index is 12.9. The molecule has 0 radical (unpaired) electrons. The number of hydrogen-bond acceptors (Lipinski definition) is 2. The largest absolute Gasteiger partial charge is 0.206 e. The SMILES string of the molecule is Fc1csc(-c2sccc2F)c1. The van der Waals surface area contributed by atoms with E-state index in [9.17, 15) is 8.78 Å². The summed E-state index contributed by atoms with van der Waals surface area (Å²) in [6.07, 6.45) is 0. The van der Waals surface area contributed by atoms with Crippen molar-refractivity contribution in [3.05, 3.63) is 34.5 Å². The van der Waals surface area contributed by atoms with E-state index in [1.54, 1.807) is 5.38 Å². The molecule has 0 nitrogen and oxygen atoms in total. The van der Waals surface area contributed by atoms with E-state index in [0.717, 1.165) is 0 Å². The highest BCUT2D eigenvalue weighted by Gasteiger charge is 2.08. The summed E-state index contributed by atoms with van der Waals surface area (Å²) in [5.41, 5.74) is 0. The number of rotatable bonds is 1. The second kappa shape index (κ2) is 2.95. The monoisotopic (exact) mass is 202 g/mol. The summed E-state index contributed by atoms with van der Waals surface area (Å²) < 4.78 is 25.5. The molecule has 2 heterocycles. The van der Waals surface area contributed by atoms with E-state index in [1.165, 1.54) is 40.2 Å². The molecule has 62 valence electrons. The molecule has 0 spiro atoms. The van der Waals surface area contributed by atoms with E-state index in [0.29, 0.717) is 9.75 Å². The number of thiophene rings is 2. The Balaban J connectivity index is 2.50. The molecule has 0 saturated heterocycles. The smallest absolute Gasteiger partial charge is 0.142 e. The van der Waals surface area contributed by atoms with Crippen molar-refractivity contribution in [2.75, 3.05) is 0 Å². The molecule has 0 unspecified atom stereocenters. The van der Waals surface area contributed by atoms with Gasteiger partial charge in [0.2, 0.25) is 0 Å². The van der Waals surface area contributed by atoms with Gasteiger partial charge in [0.05, 0.1) is 9.75 Å². The molecule has 0 aliphatic carbocycles. The Morgan fingerprint density at radius 1 is 1.17 bits per heavy atom. The highest BCUT2D eigenvalue weighted by atomic mass is 32.1. The first-order chi connectivity index (χ1) is 5.77. The van der Waals surface area contributed by atoms with Gasteiger partial charge in [0.15, 0.2) is 0 Å². The van der Waals surface area contributed by atoms with Crippen molar-refractivity contribution in [2.45, 2.75) is 0 Å². The molecule has 2 rings (SSSR count). The Kier molecular flexibility index (Phi) is 1.94. The van der Waals surface area contributed by atoms with Gasteiger partial charge in [-0.1, -0.05) is 0 Å². The van der Waals surface area contributed by atoms with Crippen LogP contribution in [0.15, 0.2) is 22.9 Å². The lowest BCUT2D eigenvalue weighted by atomic mass is 10.4. The quantitative estimate of drug-likeness (QED) is 0.660. The number of halogens is 2. The van der Waals surface area contributed by atoms with Crippen molar-refractivity contribution in [1.82, 2.24) is 0 Å². The molecule has 0 aliphatic rings. The Labute approximate surface area is 76.1 Å². The van der Waals surface area contributed by atoms with Gasteiger partial charge < -0.3 is 0 Å². The summed E-state index contributed by atoms with van der Waals surface area (Å²) in [6, 6.07) is 2.73. The fourth-order valence-electron chi connectivity index (χ4n) is 0.902. The van der Waals surface area contributed by atoms with E-state index >= 15 is 0 Å². The minimum Gasteiger partial charge on any atom is -0.206 e. The van der Waals surface area contributed by atoms with Crippen molar-refractivity contribution in [2.24, 2.45) is 0 Å². The van der Waals surface area contributed by atoms with E-state index in [1.807, 2.05) is 0 Å². The Morgan fingerprint density at radius 2 is 2.00 bits per heavy atom. The molecule has 2 aromatic heterocycles. The molecule has 0 atom stereocenters. The Bertz CT molecular complexity index is 389.